The van der Waals surface area contributed by atoms with Crippen molar-refractivity contribution in [1.29, 1.82) is 0 Å². The summed E-state index contributed by atoms with van der Waals surface area (Å²) < 4.78 is 5.39. The van der Waals surface area contributed by atoms with Crippen molar-refractivity contribution in [2.75, 3.05) is 26.3 Å². The first-order valence-electron chi connectivity index (χ1n) is 5.35. The van der Waals surface area contributed by atoms with E-state index in [1.54, 1.807) is 0 Å². The van der Waals surface area contributed by atoms with Crippen LogP contribution in [0.15, 0.2) is 11.6 Å². The van der Waals surface area contributed by atoms with Crippen LogP contribution < -0.4 is 0 Å². The van der Waals surface area contributed by atoms with Crippen molar-refractivity contribution in [2.24, 2.45) is 0 Å². The largest absolute Gasteiger partial charge is 0.478 e. The lowest BCUT2D eigenvalue weighted by Gasteiger charge is -2.35. The lowest BCUT2D eigenvalue weighted by Crippen LogP contribution is -2.45. The summed E-state index contributed by atoms with van der Waals surface area (Å²) in [5.41, 5.74) is 0.892. The fourth-order valence-corrected chi connectivity index (χ4v) is 1.85. The Kier molecular flexibility index (Phi) is 4.78. The SMILES string of the molecule is CCC1COCCN1CC(C)=CC(=O)O. The van der Waals surface area contributed by atoms with Crippen molar-refractivity contribution in [2.45, 2.75) is 26.3 Å². The topological polar surface area (TPSA) is 49.8 Å². The van der Waals surface area contributed by atoms with Gasteiger partial charge in [0.05, 0.1) is 13.2 Å². The van der Waals surface area contributed by atoms with Crippen molar-refractivity contribution >= 4 is 5.97 Å². The Labute approximate surface area is 90.5 Å². The van der Waals surface area contributed by atoms with Gasteiger partial charge in [-0.3, -0.25) is 4.90 Å². The van der Waals surface area contributed by atoms with Gasteiger partial charge >= 0.3 is 5.97 Å². The molecule has 1 atom stereocenters. The van der Waals surface area contributed by atoms with E-state index in [1.807, 2.05) is 6.92 Å². The molecule has 0 radical (unpaired) electrons. The summed E-state index contributed by atoms with van der Waals surface area (Å²) in [5.74, 6) is -0.867. The van der Waals surface area contributed by atoms with E-state index in [-0.39, 0.29) is 0 Å². The molecule has 1 rings (SSSR count). The second kappa shape index (κ2) is 5.88. The van der Waals surface area contributed by atoms with E-state index < -0.39 is 5.97 Å². The smallest absolute Gasteiger partial charge is 0.328 e. The number of morpholine rings is 1. The van der Waals surface area contributed by atoms with Crippen LogP contribution in [0.25, 0.3) is 0 Å². The number of carbonyl (C=O) groups is 1. The van der Waals surface area contributed by atoms with E-state index in [0.717, 1.165) is 38.3 Å². The first kappa shape index (κ1) is 12.2. The lowest BCUT2D eigenvalue weighted by atomic mass is 10.1. The first-order chi connectivity index (χ1) is 7.13. The minimum Gasteiger partial charge on any atom is -0.478 e. The van der Waals surface area contributed by atoms with Crippen molar-refractivity contribution in [3.8, 4) is 0 Å². The molecule has 1 aliphatic heterocycles. The zero-order valence-corrected chi connectivity index (χ0v) is 9.40. The molecule has 0 spiro atoms. The number of nitrogens with zero attached hydrogens (tertiary/aromatic N) is 1. The average molecular weight is 213 g/mol. The van der Waals surface area contributed by atoms with Crippen LogP contribution >= 0.6 is 0 Å². The first-order valence-corrected chi connectivity index (χ1v) is 5.35. The Morgan fingerprint density at radius 2 is 2.40 bits per heavy atom. The van der Waals surface area contributed by atoms with Gasteiger partial charge in [0.15, 0.2) is 0 Å². The molecule has 1 unspecified atom stereocenters. The molecular formula is C11H19NO3. The molecule has 4 nitrogen and oxygen atoms in total. The van der Waals surface area contributed by atoms with E-state index in [9.17, 15) is 4.79 Å². The monoisotopic (exact) mass is 213 g/mol. The lowest BCUT2D eigenvalue weighted by molar-refractivity contribution is -0.131. The van der Waals surface area contributed by atoms with Gasteiger partial charge in [-0.05, 0) is 13.3 Å². The maximum absolute atomic E-state index is 10.5. The summed E-state index contributed by atoms with van der Waals surface area (Å²) in [5, 5.41) is 8.62. The van der Waals surface area contributed by atoms with Crippen molar-refractivity contribution in [3.05, 3.63) is 11.6 Å². The summed E-state index contributed by atoms with van der Waals surface area (Å²) in [4.78, 5) is 12.8. The summed E-state index contributed by atoms with van der Waals surface area (Å²) >= 11 is 0. The van der Waals surface area contributed by atoms with Gasteiger partial charge in [0.25, 0.3) is 0 Å². The van der Waals surface area contributed by atoms with Gasteiger partial charge in [0.1, 0.15) is 0 Å². The number of carboxylic acids is 1. The second-order valence-electron chi connectivity index (χ2n) is 3.94. The second-order valence-corrected chi connectivity index (χ2v) is 3.94. The Balaban J connectivity index is 2.51. The zero-order chi connectivity index (χ0) is 11.3. The Bertz CT molecular complexity index is 250. The average Bonchev–Trinajstić information content (AvgIpc) is 2.17. The Morgan fingerprint density at radius 3 is 3.00 bits per heavy atom. The molecular weight excluding hydrogens is 194 g/mol. The van der Waals surface area contributed by atoms with Gasteiger partial charge in [-0.1, -0.05) is 12.5 Å². The third kappa shape index (κ3) is 4.01. The van der Waals surface area contributed by atoms with Gasteiger partial charge < -0.3 is 9.84 Å². The van der Waals surface area contributed by atoms with E-state index in [4.69, 9.17) is 9.84 Å². The zero-order valence-electron chi connectivity index (χ0n) is 9.40. The van der Waals surface area contributed by atoms with E-state index in [1.165, 1.54) is 6.08 Å². The standard InChI is InChI=1S/C11H19NO3/c1-3-10-8-15-5-4-12(10)7-9(2)6-11(13)14/h6,10H,3-5,7-8H2,1-2H3,(H,13,14). The van der Waals surface area contributed by atoms with E-state index >= 15 is 0 Å². The summed E-state index contributed by atoms with van der Waals surface area (Å²) in [6, 6.07) is 0.427. The van der Waals surface area contributed by atoms with Gasteiger partial charge in [0, 0.05) is 25.2 Å². The van der Waals surface area contributed by atoms with Crippen LogP contribution in [0.2, 0.25) is 0 Å². The number of hydrogen-bond donors (Lipinski definition) is 1. The molecule has 0 aromatic carbocycles. The van der Waals surface area contributed by atoms with Crippen LogP contribution in [0.5, 0.6) is 0 Å². The normalized spacial score (nSPS) is 24.1. The summed E-state index contributed by atoms with van der Waals surface area (Å²) in [7, 11) is 0. The minimum absolute atomic E-state index is 0.427. The molecule has 86 valence electrons. The number of carboxylic acid groups (broad SMARTS) is 1. The molecule has 15 heavy (non-hydrogen) atoms. The summed E-state index contributed by atoms with van der Waals surface area (Å²) in [6.45, 7) is 7.12. The maximum Gasteiger partial charge on any atom is 0.328 e. The molecule has 0 amide bonds. The highest BCUT2D eigenvalue weighted by molar-refractivity contribution is 5.80. The molecule has 1 aliphatic rings. The van der Waals surface area contributed by atoms with Gasteiger partial charge in [0.2, 0.25) is 0 Å². The fourth-order valence-electron chi connectivity index (χ4n) is 1.85. The van der Waals surface area contributed by atoms with Crippen molar-refractivity contribution < 1.29 is 14.6 Å². The van der Waals surface area contributed by atoms with Gasteiger partial charge in [-0.25, -0.2) is 4.79 Å². The fraction of sp³-hybridized carbons (Fsp3) is 0.727. The number of ether oxygens (including phenoxy) is 1. The third-order valence-corrected chi connectivity index (χ3v) is 2.64. The minimum atomic E-state index is -0.867. The molecule has 0 bridgehead atoms. The molecule has 1 N–H and O–H groups in total. The van der Waals surface area contributed by atoms with Crippen LogP contribution in [0.4, 0.5) is 0 Å². The summed E-state index contributed by atoms with van der Waals surface area (Å²) in [6.07, 6.45) is 2.32. The molecule has 1 fully saturated rings. The molecule has 0 aliphatic carbocycles. The predicted molar refractivity (Wildman–Crippen MR) is 57.9 cm³/mol. The maximum atomic E-state index is 10.5. The highest BCUT2D eigenvalue weighted by Crippen LogP contribution is 2.12. The van der Waals surface area contributed by atoms with Gasteiger partial charge in [-0.2, -0.15) is 0 Å². The van der Waals surface area contributed by atoms with Crippen LogP contribution in [0.1, 0.15) is 20.3 Å². The Hall–Kier alpha value is -0.870. The number of aliphatic carboxylic acids is 1. The van der Waals surface area contributed by atoms with Crippen molar-refractivity contribution in [1.82, 2.24) is 4.90 Å². The van der Waals surface area contributed by atoms with E-state index in [2.05, 4.69) is 11.8 Å². The quantitative estimate of drug-likeness (QED) is 0.711. The predicted octanol–water partition coefficient (Wildman–Crippen LogP) is 1.13. The number of rotatable bonds is 4. The van der Waals surface area contributed by atoms with Crippen LogP contribution in [-0.2, 0) is 9.53 Å². The molecule has 0 saturated carbocycles. The van der Waals surface area contributed by atoms with Gasteiger partial charge in [-0.15, -0.1) is 0 Å². The van der Waals surface area contributed by atoms with Crippen molar-refractivity contribution in [3.63, 3.8) is 0 Å². The molecule has 4 heteroatoms. The molecule has 1 saturated heterocycles. The Morgan fingerprint density at radius 1 is 1.67 bits per heavy atom. The van der Waals surface area contributed by atoms with Crippen LogP contribution in [0.3, 0.4) is 0 Å². The molecule has 1 heterocycles. The third-order valence-electron chi connectivity index (χ3n) is 2.64. The van der Waals surface area contributed by atoms with Crippen LogP contribution in [0, 0.1) is 0 Å². The van der Waals surface area contributed by atoms with Crippen LogP contribution in [-0.4, -0.2) is 48.3 Å². The number of hydrogen-bond acceptors (Lipinski definition) is 3. The highest BCUT2D eigenvalue weighted by Gasteiger charge is 2.21. The van der Waals surface area contributed by atoms with E-state index in [0.29, 0.717) is 6.04 Å². The highest BCUT2D eigenvalue weighted by atomic mass is 16.5. The molecule has 0 aromatic heterocycles. The molecule has 0 aromatic rings.